The lowest BCUT2D eigenvalue weighted by Crippen LogP contribution is -2.45. The summed E-state index contributed by atoms with van der Waals surface area (Å²) in [4.78, 5) is 16.6. The molecule has 0 bridgehead atoms. The maximum absolute atomic E-state index is 14.8. The number of likely N-dealkylation sites (tertiary alicyclic amines) is 1. The van der Waals surface area contributed by atoms with E-state index >= 15 is 0 Å². The number of halogens is 1. The first-order valence-corrected chi connectivity index (χ1v) is 10.9. The number of anilines is 1. The molecule has 2 aliphatic heterocycles. The molecule has 0 radical (unpaired) electrons. The molecule has 6 nitrogen and oxygen atoms in total. The minimum absolute atomic E-state index is 0.00925. The zero-order valence-electron chi connectivity index (χ0n) is 18.1. The second-order valence-electron chi connectivity index (χ2n) is 8.55. The number of amides is 2. The number of hydrogen-bond acceptors (Lipinski definition) is 4. The van der Waals surface area contributed by atoms with Crippen LogP contribution in [-0.4, -0.2) is 47.9 Å². The molecular weight excluding hydrogens is 397 g/mol. The minimum atomic E-state index is -0.281. The molecule has 7 heteroatoms. The second-order valence-corrected chi connectivity index (χ2v) is 8.55. The summed E-state index contributed by atoms with van der Waals surface area (Å²) >= 11 is 0. The van der Waals surface area contributed by atoms with E-state index in [0.29, 0.717) is 25.3 Å². The van der Waals surface area contributed by atoms with Crippen molar-refractivity contribution in [2.75, 3.05) is 24.5 Å². The van der Waals surface area contributed by atoms with Crippen LogP contribution >= 0.6 is 0 Å². The number of nitrogens with one attached hydrogen (secondary N) is 1. The van der Waals surface area contributed by atoms with E-state index in [1.807, 2.05) is 41.8 Å². The molecule has 0 unspecified atom stereocenters. The van der Waals surface area contributed by atoms with Gasteiger partial charge in [0.2, 0.25) is 0 Å². The molecule has 2 saturated heterocycles. The summed E-state index contributed by atoms with van der Waals surface area (Å²) in [7, 11) is 0. The van der Waals surface area contributed by atoms with Gasteiger partial charge in [-0.3, -0.25) is 0 Å². The van der Waals surface area contributed by atoms with E-state index in [0.717, 1.165) is 24.0 Å². The van der Waals surface area contributed by atoms with Gasteiger partial charge in [-0.2, -0.15) is 0 Å². The normalized spacial score (nSPS) is 23.8. The third-order valence-electron chi connectivity index (χ3n) is 6.01. The smallest absolute Gasteiger partial charge is 0.318 e. The Bertz CT molecular complexity index is 911. The van der Waals surface area contributed by atoms with Crippen molar-refractivity contribution in [3.8, 4) is 5.75 Å². The lowest BCUT2D eigenvalue weighted by molar-refractivity contribution is -0.00539. The van der Waals surface area contributed by atoms with Crippen molar-refractivity contribution in [3.05, 3.63) is 59.4 Å². The van der Waals surface area contributed by atoms with Gasteiger partial charge in [0.15, 0.2) is 0 Å². The number of ether oxygens (including phenoxy) is 1. The topological polar surface area (TPSA) is 65.0 Å². The lowest BCUT2D eigenvalue weighted by atomic mass is 10.0. The van der Waals surface area contributed by atoms with Gasteiger partial charge in [0.25, 0.3) is 0 Å². The highest BCUT2D eigenvalue weighted by molar-refractivity contribution is 5.75. The molecule has 2 N–H and O–H groups in total. The van der Waals surface area contributed by atoms with Gasteiger partial charge in [-0.05, 0) is 62.1 Å². The quantitative estimate of drug-likeness (QED) is 0.768. The lowest BCUT2D eigenvalue weighted by Gasteiger charge is -2.37. The second kappa shape index (κ2) is 9.14. The molecule has 166 valence electrons. The fourth-order valence-electron chi connectivity index (χ4n) is 4.62. The van der Waals surface area contributed by atoms with Crippen LogP contribution in [0.2, 0.25) is 0 Å². The molecule has 0 aromatic heterocycles. The van der Waals surface area contributed by atoms with Crippen molar-refractivity contribution < 1.29 is 19.0 Å². The standard InChI is InChI=1S/C24H30FN3O3/c1-16-14-27(15-17(2)31-16)23-10-5-18(12-21(23)25)13-26-24(30)28-11-3-4-22(28)19-6-8-20(29)9-7-19/h5-10,12,16-17,22,29H,3-4,11,13-15H2,1-2H3,(H,26,30)/t16-,17+,22-/m1/s1. The largest absolute Gasteiger partial charge is 0.508 e. The third-order valence-corrected chi connectivity index (χ3v) is 6.01. The first-order valence-electron chi connectivity index (χ1n) is 10.9. The predicted octanol–water partition coefficient (Wildman–Crippen LogP) is 4.19. The summed E-state index contributed by atoms with van der Waals surface area (Å²) in [5, 5.41) is 12.4. The van der Waals surface area contributed by atoms with Crippen LogP contribution in [-0.2, 0) is 11.3 Å². The molecule has 3 atom stereocenters. The Morgan fingerprint density at radius 2 is 1.87 bits per heavy atom. The fourth-order valence-corrected chi connectivity index (χ4v) is 4.62. The number of nitrogens with zero attached hydrogens (tertiary/aromatic N) is 2. The van der Waals surface area contributed by atoms with Crippen molar-refractivity contribution in [1.82, 2.24) is 10.2 Å². The number of carbonyl (C=O) groups excluding carboxylic acids is 1. The van der Waals surface area contributed by atoms with Crippen LogP contribution in [0.15, 0.2) is 42.5 Å². The van der Waals surface area contributed by atoms with Crippen LogP contribution in [0.5, 0.6) is 5.75 Å². The van der Waals surface area contributed by atoms with E-state index in [-0.39, 0.29) is 42.4 Å². The van der Waals surface area contributed by atoms with Gasteiger partial charge in [-0.15, -0.1) is 0 Å². The van der Waals surface area contributed by atoms with Gasteiger partial charge in [-0.1, -0.05) is 18.2 Å². The number of carbonyl (C=O) groups is 1. The zero-order chi connectivity index (χ0) is 22.0. The Morgan fingerprint density at radius 3 is 2.55 bits per heavy atom. The molecule has 2 aromatic rings. The van der Waals surface area contributed by atoms with Crippen molar-refractivity contribution in [2.24, 2.45) is 0 Å². The van der Waals surface area contributed by atoms with Gasteiger partial charge in [-0.25, -0.2) is 9.18 Å². The number of phenols is 1. The van der Waals surface area contributed by atoms with Crippen LogP contribution in [0.25, 0.3) is 0 Å². The molecule has 0 saturated carbocycles. The average Bonchev–Trinajstić information content (AvgIpc) is 3.22. The maximum Gasteiger partial charge on any atom is 0.318 e. The van der Waals surface area contributed by atoms with Crippen LogP contribution in [0.1, 0.15) is 43.9 Å². The molecule has 4 rings (SSSR count). The summed E-state index contributed by atoms with van der Waals surface area (Å²) in [6.07, 6.45) is 1.93. The summed E-state index contributed by atoms with van der Waals surface area (Å²) < 4.78 is 20.5. The van der Waals surface area contributed by atoms with Gasteiger partial charge >= 0.3 is 6.03 Å². The Hall–Kier alpha value is -2.80. The molecule has 0 spiro atoms. The monoisotopic (exact) mass is 427 g/mol. The highest BCUT2D eigenvalue weighted by Gasteiger charge is 2.30. The molecule has 2 amide bonds. The number of hydrogen-bond donors (Lipinski definition) is 2. The van der Waals surface area contributed by atoms with E-state index in [4.69, 9.17) is 4.74 Å². The minimum Gasteiger partial charge on any atom is -0.508 e. The number of aromatic hydroxyl groups is 1. The van der Waals surface area contributed by atoms with Gasteiger partial charge in [0.05, 0.1) is 23.9 Å². The van der Waals surface area contributed by atoms with Crippen molar-refractivity contribution >= 4 is 11.7 Å². The Labute approximate surface area is 182 Å². The number of urea groups is 1. The SMILES string of the molecule is C[C@@H]1CN(c2ccc(CNC(=O)N3CCC[C@@H]3c3ccc(O)cc3)cc2F)C[C@H](C)O1. The van der Waals surface area contributed by atoms with Gasteiger partial charge in [0.1, 0.15) is 11.6 Å². The van der Waals surface area contributed by atoms with Crippen LogP contribution in [0.4, 0.5) is 14.9 Å². The maximum atomic E-state index is 14.8. The van der Waals surface area contributed by atoms with Gasteiger partial charge in [0, 0.05) is 26.2 Å². The van der Waals surface area contributed by atoms with Crippen molar-refractivity contribution in [3.63, 3.8) is 0 Å². The molecular formula is C24H30FN3O3. The summed E-state index contributed by atoms with van der Waals surface area (Å²) in [5.74, 6) is -0.0691. The van der Waals surface area contributed by atoms with Crippen molar-refractivity contribution in [1.29, 1.82) is 0 Å². The van der Waals surface area contributed by atoms with Crippen LogP contribution in [0, 0.1) is 5.82 Å². The molecule has 2 fully saturated rings. The Balaban J connectivity index is 1.38. The summed E-state index contributed by atoms with van der Waals surface area (Å²) in [6, 6.07) is 12.0. The summed E-state index contributed by atoms with van der Waals surface area (Å²) in [6.45, 7) is 6.25. The highest BCUT2D eigenvalue weighted by Crippen LogP contribution is 2.32. The predicted molar refractivity (Wildman–Crippen MR) is 118 cm³/mol. The number of benzene rings is 2. The Kier molecular flexibility index (Phi) is 6.32. The zero-order valence-corrected chi connectivity index (χ0v) is 18.1. The van der Waals surface area contributed by atoms with E-state index < -0.39 is 0 Å². The molecule has 2 aliphatic rings. The average molecular weight is 428 g/mol. The molecule has 2 aromatic carbocycles. The molecule has 31 heavy (non-hydrogen) atoms. The summed E-state index contributed by atoms with van der Waals surface area (Å²) in [5.41, 5.74) is 2.31. The van der Waals surface area contributed by atoms with E-state index in [1.165, 1.54) is 6.07 Å². The number of phenolic OH excluding ortho intramolecular Hbond substituents is 1. The fraction of sp³-hybridized carbons (Fsp3) is 0.458. The first-order chi connectivity index (χ1) is 14.9. The van der Waals surface area contributed by atoms with Crippen LogP contribution < -0.4 is 10.2 Å². The van der Waals surface area contributed by atoms with E-state index in [2.05, 4.69) is 5.32 Å². The first kappa shape index (κ1) is 21.4. The van der Waals surface area contributed by atoms with Gasteiger partial charge < -0.3 is 25.0 Å². The molecule has 0 aliphatic carbocycles. The van der Waals surface area contributed by atoms with Crippen LogP contribution in [0.3, 0.4) is 0 Å². The highest BCUT2D eigenvalue weighted by atomic mass is 19.1. The molecule has 2 heterocycles. The number of morpholine rings is 1. The number of rotatable bonds is 4. The van der Waals surface area contributed by atoms with E-state index in [9.17, 15) is 14.3 Å². The Morgan fingerprint density at radius 1 is 1.16 bits per heavy atom. The van der Waals surface area contributed by atoms with E-state index in [1.54, 1.807) is 18.2 Å². The van der Waals surface area contributed by atoms with Crippen molar-refractivity contribution in [2.45, 2.75) is 51.5 Å². The third kappa shape index (κ3) is 4.93.